The van der Waals surface area contributed by atoms with Crippen LogP contribution in [0.3, 0.4) is 0 Å². The van der Waals surface area contributed by atoms with Crippen LogP contribution < -0.4 is 5.32 Å². The van der Waals surface area contributed by atoms with Crippen LogP contribution in [0.2, 0.25) is 0 Å². The van der Waals surface area contributed by atoms with E-state index in [9.17, 15) is 0 Å². The smallest absolute Gasteiger partial charge is 0.209 e. The molecule has 1 atom stereocenters. The second-order valence-electron chi connectivity index (χ2n) is 7.65. The first-order valence-electron chi connectivity index (χ1n) is 9.70. The molecule has 0 spiro atoms. The molecule has 1 N–H and O–H groups in total. The number of fused-ring (bicyclic) bond motifs is 3. The molecule has 0 saturated carbocycles. The van der Waals surface area contributed by atoms with Gasteiger partial charge in [-0.05, 0) is 67.3 Å². The van der Waals surface area contributed by atoms with Gasteiger partial charge in [-0.15, -0.1) is 0 Å². The minimum atomic E-state index is 0.0980. The number of hydrogen-bond acceptors (Lipinski definition) is 2. The maximum atomic E-state index is 4.87. The molecule has 0 bridgehead atoms. The predicted molar refractivity (Wildman–Crippen MR) is 117 cm³/mol. The van der Waals surface area contributed by atoms with E-state index in [4.69, 9.17) is 4.98 Å². The highest BCUT2D eigenvalue weighted by Gasteiger charge is 2.25. The fourth-order valence-electron chi connectivity index (χ4n) is 3.90. The van der Waals surface area contributed by atoms with Crippen molar-refractivity contribution in [3.63, 3.8) is 0 Å². The molecular formula is C25H23N3. The van der Waals surface area contributed by atoms with E-state index in [2.05, 4.69) is 97.4 Å². The molecule has 0 fully saturated rings. The first-order valence-corrected chi connectivity index (χ1v) is 9.70. The fraction of sp³-hybridized carbons (Fsp3) is 0.160. The molecule has 2 heterocycles. The summed E-state index contributed by atoms with van der Waals surface area (Å²) in [5.74, 6) is 0.891. The number of benzene rings is 3. The maximum absolute atomic E-state index is 4.87. The van der Waals surface area contributed by atoms with Crippen molar-refractivity contribution in [1.29, 1.82) is 0 Å². The van der Waals surface area contributed by atoms with Crippen molar-refractivity contribution < 1.29 is 0 Å². The van der Waals surface area contributed by atoms with Crippen molar-refractivity contribution >= 4 is 22.7 Å². The van der Waals surface area contributed by atoms with Gasteiger partial charge in [0.1, 0.15) is 0 Å². The lowest BCUT2D eigenvalue weighted by Gasteiger charge is -2.27. The van der Waals surface area contributed by atoms with Crippen molar-refractivity contribution in [2.24, 2.45) is 0 Å². The number of aromatic nitrogens is 2. The molecule has 0 radical (unpaired) electrons. The maximum Gasteiger partial charge on any atom is 0.209 e. The summed E-state index contributed by atoms with van der Waals surface area (Å²) in [5, 5.41) is 3.57. The number of allylic oxidation sites excluding steroid dienone is 1. The zero-order chi connectivity index (χ0) is 19.3. The Hall–Kier alpha value is -3.33. The highest BCUT2D eigenvalue weighted by atomic mass is 15.2. The molecule has 4 aromatic rings. The topological polar surface area (TPSA) is 29.9 Å². The van der Waals surface area contributed by atoms with E-state index >= 15 is 0 Å². The largest absolute Gasteiger partial charge is 0.325 e. The Morgan fingerprint density at radius 3 is 2.43 bits per heavy atom. The Morgan fingerprint density at radius 1 is 0.857 bits per heavy atom. The summed E-state index contributed by atoms with van der Waals surface area (Å²) in [7, 11) is 0. The van der Waals surface area contributed by atoms with Gasteiger partial charge in [-0.3, -0.25) is 4.57 Å². The Kier molecular flexibility index (Phi) is 3.83. The average molecular weight is 365 g/mol. The minimum Gasteiger partial charge on any atom is -0.325 e. The molecule has 28 heavy (non-hydrogen) atoms. The van der Waals surface area contributed by atoms with Crippen LogP contribution in [-0.2, 0) is 0 Å². The molecule has 5 rings (SSSR count). The number of nitrogens with one attached hydrogen (secondary N) is 1. The monoisotopic (exact) mass is 365 g/mol. The van der Waals surface area contributed by atoms with E-state index in [0.717, 1.165) is 22.7 Å². The highest BCUT2D eigenvalue weighted by Crippen LogP contribution is 2.37. The lowest BCUT2D eigenvalue weighted by Crippen LogP contribution is -2.19. The number of rotatable bonds is 2. The molecule has 3 heteroatoms. The second-order valence-corrected chi connectivity index (χ2v) is 7.65. The third-order valence-electron chi connectivity index (χ3n) is 5.68. The van der Waals surface area contributed by atoms with E-state index in [0.29, 0.717) is 0 Å². The highest BCUT2D eigenvalue weighted by molar-refractivity contribution is 5.85. The number of para-hydroxylation sites is 2. The van der Waals surface area contributed by atoms with Gasteiger partial charge in [0.15, 0.2) is 0 Å². The Labute approximate surface area is 165 Å². The summed E-state index contributed by atoms with van der Waals surface area (Å²) in [6.45, 7) is 6.44. The third kappa shape index (κ3) is 2.71. The Bertz CT molecular complexity index is 1210. The van der Waals surface area contributed by atoms with Gasteiger partial charge in [-0.2, -0.15) is 0 Å². The van der Waals surface area contributed by atoms with Crippen LogP contribution >= 0.6 is 0 Å². The van der Waals surface area contributed by atoms with Crippen molar-refractivity contribution in [2.75, 3.05) is 5.32 Å². The summed E-state index contributed by atoms with van der Waals surface area (Å²) in [6.07, 6.45) is 2.32. The van der Waals surface area contributed by atoms with Gasteiger partial charge in [0.05, 0.1) is 17.1 Å². The third-order valence-corrected chi connectivity index (χ3v) is 5.68. The number of imidazole rings is 1. The van der Waals surface area contributed by atoms with Gasteiger partial charge >= 0.3 is 0 Å². The average Bonchev–Trinajstić information content (AvgIpc) is 3.08. The van der Waals surface area contributed by atoms with Gasteiger partial charge < -0.3 is 5.32 Å². The van der Waals surface area contributed by atoms with Crippen molar-refractivity contribution in [1.82, 2.24) is 9.55 Å². The number of nitrogens with zero attached hydrogens (tertiary/aromatic N) is 2. The van der Waals surface area contributed by atoms with Gasteiger partial charge in [0, 0.05) is 5.70 Å². The molecule has 0 amide bonds. The molecule has 1 aliphatic heterocycles. The van der Waals surface area contributed by atoms with Gasteiger partial charge in [-0.25, -0.2) is 4.98 Å². The van der Waals surface area contributed by atoms with Crippen LogP contribution in [0.1, 0.15) is 33.9 Å². The summed E-state index contributed by atoms with van der Waals surface area (Å²) in [5.41, 5.74) is 9.59. The first-order chi connectivity index (χ1) is 13.6. The lowest BCUT2D eigenvalue weighted by atomic mass is 9.98. The minimum absolute atomic E-state index is 0.0980. The van der Waals surface area contributed by atoms with Crippen molar-refractivity contribution in [3.8, 4) is 0 Å². The van der Waals surface area contributed by atoms with Gasteiger partial charge in [0.2, 0.25) is 5.95 Å². The summed E-state index contributed by atoms with van der Waals surface area (Å²) in [4.78, 5) is 4.87. The van der Waals surface area contributed by atoms with Gasteiger partial charge in [-0.1, -0.05) is 54.1 Å². The van der Waals surface area contributed by atoms with Crippen LogP contribution in [-0.4, -0.2) is 9.55 Å². The van der Waals surface area contributed by atoms with Crippen LogP contribution in [0.5, 0.6) is 0 Å². The first kappa shape index (κ1) is 16.8. The lowest BCUT2D eigenvalue weighted by molar-refractivity contribution is 0.720. The van der Waals surface area contributed by atoms with Crippen molar-refractivity contribution in [2.45, 2.75) is 26.8 Å². The quantitative estimate of drug-likeness (QED) is 0.471. The number of hydrogen-bond donors (Lipinski definition) is 1. The zero-order valence-corrected chi connectivity index (χ0v) is 16.4. The van der Waals surface area contributed by atoms with E-state index in [1.54, 1.807) is 0 Å². The molecular weight excluding hydrogens is 342 g/mol. The van der Waals surface area contributed by atoms with E-state index in [1.807, 2.05) is 6.07 Å². The standard InChI is InChI=1S/C25H23N3/c1-16-8-11-19(12-9-16)24-15-22(20-13-10-17(2)18(3)14-20)27-25-26-21-6-4-5-7-23(21)28(24)25/h4-15,24H,1-3H3,(H,26,27)/t24-/m0/s1. The second kappa shape index (κ2) is 6.38. The summed E-state index contributed by atoms with van der Waals surface area (Å²) < 4.78 is 2.30. The fourth-order valence-corrected chi connectivity index (χ4v) is 3.90. The Balaban J connectivity index is 1.71. The number of aryl methyl sites for hydroxylation is 3. The SMILES string of the molecule is Cc1ccc([C@@H]2C=C(c3ccc(C)c(C)c3)Nc3nc4ccccc4n32)cc1. The molecule has 1 aliphatic rings. The predicted octanol–water partition coefficient (Wildman–Crippen LogP) is 6.02. The molecule has 0 unspecified atom stereocenters. The molecule has 3 aromatic carbocycles. The van der Waals surface area contributed by atoms with E-state index in [-0.39, 0.29) is 6.04 Å². The summed E-state index contributed by atoms with van der Waals surface area (Å²) in [6, 6.07) is 23.9. The Morgan fingerprint density at radius 2 is 1.64 bits per heavy atom. The van der Waals surface area contributed by atoms with E-state index in [1.165, 1.54) is 27.8 Å². The van der Waals surface area contributed by atoms with Crippen LogP contribution in [0.25, 0.3) is 16.7 Å². The van der Waals surface area contributed by atoms with Crippen molar-refractivity contribution in [3.05, 3.63) is 101 Å². The molecule has 1 aromatic heterocycles. The van der Waals surface area contributed by atoms with Crippen LogP contribution in [0.4, 0.5) is 5.95 Å². The zero-order valence-electron chi connectivity index (χ0n) is 16.4. The number of anilines is 1. The molecule has 138 valence electrons. The van der Waals surface area contributed by atoms with Crippen LogP contribution in [0, 0.1) is 20.8 Å². The normalized spacial score (nSPS) is 15.8. The molecule has 0 saturated heterocycles. The van der Waals surface area contributed by atoms with E-state index < -0.39 is 0 Å². The molecule has 3 nitrogen and oxygen atoms in total. The summed E-state index contributed by atoms with van der Waals surface area (Å²) >= 11 is 0. The van der Waals surface area contributed by atoms with Crippen LogP contribution in [0.15, 0.2) is 72.8 Å². The van der Waals surface area contributed by atoms with Gasteiger partial charge in [0.25, 0.3) is 0 Å². The molecule has 0 aliphatic carbocycles.